The van der Waals surface area contributed by atoms with Gasteiger partial charge in [0.05, 0.1) is 10.7 Å². The Hall–Kier alpha value is -0.890. The van der Waals surface area contributed by atoms with Crippen molar-refractivity contribution in [2.75, 3.05) is 23.7 Å². The number of nitrogens with two attached hydrogens (primary N) is 1. The molecule has 0 atom stereocenters. The largest absolute Gasteiger partial charge is 0.399 e. The zero-order valence-electron chi connectivity index (χ0n) is 7.63. The molecule has 2 N–H and O–H groups in total. The second-order valence-electron chi connectivity index (χ2n) is 3.72. The van der Waals surface area contributed by atoms with Crippen molar-refractivity contribution in [3.05, 3.63) is 23.2 Å². The van der Waals surface area contributed by atoms with Crippen LogP contribution in [0.5, 0.6) is 0 Å². The summed E-state index contributed by atoms with van der Waals surface area (Å²) in [6.07, 6.45) is 0. The maximum atomic E-state index is 6.05. The topological polar surface area (TPSA) is 29.3 Å². The average molecular weight is 197 g/mol. The quantitative estimate of drug-likeness (QED) is 0.699. The van der Waals surface area contributed by atoms with Gasteiger partial charge in [0.15, 0.2) is 0 Å². The first kappa shape index (κ1) is 8.70. The maximum Gasteiger partial charge on any atom is 0.0641 e. The normalized spacial score (nSPS) is 17.2. The van der Waals surface area contributed by atoms with Crippen molar-refractivity contribution in [1.82, 2.24) is 0 Å². The van der Waals surface area contributed by atoms with E-state index in [2.05, 4.69) is 11.8 Å². The molecule has 3 heteroatoms. The number of halogens is 1. The Kier molecular flexibility index (Phi) is 2.08. The SMILES string of the molecule is CC1CN(c2cc(N)ccc2Cl)C1. The van der Waals surface area contributed by atoms with Gasteiger partial charge >= 0.3 is 0 Å². The van der Waals surface area contributed by atoms with Gasteiger partial charge in [0.25, 0.3) is 0 Å². The third kappa shape index (κ3) is 1.59. The number of anilines is 2. The molecule has 1 aliphatic heterocycles. The summed E-state index contributed by atoms with van der Waals surface area (Å²) in [4.78, 5) is 2.25. The fraction of sp³-hybridized carbons (Fsp3) is 0.400. The summed E-state index contributed by atoms with van der Waals surface area (Å²) >= 11 is 6.05. The summed E-state index contributed by atoms with van der Waals surface area (Å²) in [6.45, 7) is 4.41. The monoisotopic (exact) mass is 196 g/mol. The lowest BCUT2D eigenvalue weighted by Gasteiger charge is -2.39. The lowest BCUT2D eigenvalue weighted by molar-refractivity contribution is 0.447. The zero-order valence-corrected chi connectivity index (χ0v) is 8.38. The lowest BCUT2D eigenvalue weighted by Crippen LogP contribution is -2.45. The molecular formula is C10H13ClN2. The van der Waals surface area contributed by atoms with Gasteiger partial charge in [-0.15, -0.1) is 0 Å². The van der Waals surface area contributed by atoms with E-state index in [-0.39, 0.29) is 0 Å². The van der Waals surface area contributed by atoms with Gasteiger partial charge < -0.3 is 10.6 Å². The van der Waals surface area contributed by atoms with Gasteiger partial charge in [-0.25, -0.2) is 0 Å². The molecule has 1 aliphatic rings. The van der Waals surface area contributed by atoms with Crippen molar-refractivity contribution in [1.29, 1.82) is 0 Å². The van der Waals surface area contributed by atoms with Crippen molar-refractivity contribution in [2.45, 2.75) is 6.92 Å². The predicted octanol–water partition coefficient (Wildman–Crippen LogP) is 2.38. The first-order valence-electron chi connectivity index (χ1n) is 4.47. The lowest BCUT2D eigenvalue weighted by atomic mass is 10.0. The number of rotatable bonds is 1. The van der Waals surface area contributed by atoms with E-state index in [1.54, 1.807) is 0 Å². The highest BCUT2D eigenvalue weighted by Gasteiger charge is 2.24. The van der Waals surface area contributed by atoms with Crippen LogP contribution < -0.4 is 10.6 Å². The molecule has 0 aliphatic carbocycles. The molecule has 0 bridgehead atoms. The first-order valence-corrected chi connectivity index (χ1v) is 4.84. The van der Waals surface area contributed by atoms with E-state index in [1.807, 2.05) is 18.2 Å². The van der Waals surface area contributed by atoms with Gasteiger partial charge in [-0.1, -0.05) is 18.5 Å². The number of hydrogen-bond donors (Lipinski definition) is 1. The van der Waals surface area contributed by atoms with Crippen LogP contribution in [0.3, 0.4) is 0 Å². The van der Waals surface area contributed by atoms with Crippen molar-refractivity contribution in [2.24, 2.45) is 5.92 Å². The molecule has 1 saturated heterocycles. The molecule has 70 valence electrons. The Labute approximate surface area is 83.3 Å². The summed E-state index contributed by atoms with van der Waals surface area (Å²) in [7, 11) is 0. The fourth-order valence-electron chi connectivity index (χ4n) is 1.67. The Bertz CT molecular complexity index is 319. The van der Waals surface area contributed by atoms with E-state index in [9.17, 15) is 0 Å². The molecule has 0 amide bonds. The minimum atomic E-state index is 0.775. The molecule has 2 nitrogen and oxygen atoms in total. The summed E-state index contributed by atoms with van der Waals surface area (Å²) in [5.74, 6) is 0.775. The van der Waals surface area contributed by atoms with E-state index in [1.165, 1.54) is 0 Å². The summed E-state index contributed by atoms with van der Waals surface area (Å²) in [5, 5.41) is 0.793. The van der Waals surface area contributed by atoms with Crippen LogP contribution in [0.1, 0.15) is 6.92 Å². The highest BCUT2D eigenvalue weighted by atomic mass is 35.5. The van der Waals surface area contributed by atoms with Crippen molar-refractivity contribution >= 4 is 23.0 Å². The van der Waals surface area contributed by atoms with E-state index in [0.29, 0.717) is 0 Å². The molecule has 1 aromatic carbocycles. The van der Waals surface area contributed by atoms with Crippen LogP contribution in [0.4, 0.5) is 11.4 Å². The van der Waals surface area contributed by atoms with Gasteiger partial charge in [0, 0.05) is 18.8 Å². The molecular weight excluding hydrogens is 184 g/mol. The van der Waals surface area contributed by atoms with Gasteiger partial charge in [-0.3, -0.25) is 0 Å². The molecule has 1 aromatic rings. The molecule has 2 rings (SSSR count). The Morgan fingerprint density at radius 3 is 2.77 bits per heavy atom. The van der Waals surface area contributed by atoms with Crippen molar-refractivity contribution in [3.8, 4) is 0 Å². The number of nitrogen functional groups attached to an aromatic ring is 1. The third-order valence-corrected chi connectivity index (χ3v) is 2.69. The highest BCUT2D eigenvalue weighted by Crippen LogP contribution is 2.32. The zero-order chi connectivity index (χ0) is 9.42. The summed E-state index contributed by atoms with van der Waals surface area (Å²) in [6, 6.07) is 5.62. The van der Waals surface area contributed by atoms with Crippen LogP contribution in [-0.2, 0) is 0 Å². The first-order chi connectivity index (χ1) is 6.16. The van der Waals surface area contributed by atoms with Crippen LogP contribution in [0.2, 0.25) is 5.02 Å². The van der Waals surface area contributed by atoms with Gasteiger partial charge in [-0.05, 0) is 24.1 Å². The molecule has 0 saturated carbocycles. The molecule has 0 aromatic heterocycles. The van der Waals surface area contributed by atoms with E-state index in [4.69, 9.17) is 17.3 Å². The fourth-order valence-corrected chi connectivity index (χ4v) is 1.90. The van der Waals surface area contributed by atoms with Crippen molar-refractivity contribution < 1.29 is 0 Å². The minimum Gasteiger partial charge on any atom is -0.399 e. The Morgan fingerprint density at radius 1 is 1.46 bits per heavy atom. The molecule has 13 heavy (non-hydrogen) atoms. The second kappa shape index (κ2) is 3.11. The third-order valence-electron chi connectivity index (χ3n) is 2.37. The number of nitrogens with zero attached hydrogens (tertiary/aromatic N) is 1. The highest BCUT2D eigenvalue weighted by molar-refractivity contribution is 6.33. The smallest absolute Gasteiger partial charge is 0.0641 e. The molecule has 0 spiro atoms. The number of hydrogen-bond acceptors (Lipinski definition) is 2. The van der Waals surface area contributed by atoms with E-state index < -0.39 is 0 Å². The molecule has 0 unspecified atom stereocenters. The Balaban J connectivity index is 2.24. The predicted molar refractivity (Wildman–Crippen MR) is 57.2 cm³/mol. The average Bonchev–Trinajstić information content (AvgIpc) is 2.04. The Morgan fingerprint density at radius 2 is 2.15 bits per heavy atom. The molecule has 1 fully saturated rings. The van der Waals surface area contributed by atoms with Gasteiger partial charge in [-0.2, -0.15) is 0 Å². The molecule has 1 heterocycles. The van der Waals surface area contributed by atoms with E-state index in [0.717, 1.165) is 35.4 Å². The summed E-state index contributed by atoms with van der Waals surface area (Å²) < 4.78 is 0. The van der Waals surface area contributed by atoms with Crippen LogP contribution in [0.25, 0.3) is 0 Å². The van der Waals surface area contributed by atoms with Crippen LogP contribution in [0, 0.1) is 5.92 Å². The summed E-state index contributed by atoms with van der Waals surface area (Å²) in [5.41, 5.74) is 7.54. The van der Waals surface area contributed by atoms with Gasteiger partial charge in [0.1, 0.15) is 0 Å². The van der Waals surface area contributed by atoms with Crippen LogP contribution in [0.15, 0.2) is 18.2 Å². The standard InChI is InChI=1S/C10H13ClN2/c1-7-5-13(6-7)10-4-8(12)2-3-9(10)11/h2-4,7H,5-6,12H2,1H3. The van der Waals surface area contributed by atoms with Crippen LogP contribution in [-0.4, -0.2) is 13.1 Å². The number of benzene rings is 1. The molecule has 0 radical (unpaired) electrons. The second-order valence-corrected chi connectivity index (χ2v) is 4.13. The van der Waals surface area contributed by atoms with E-state index >= 15 is 0 Å². The minimum absolute atomic E-state index is 0.775. The van der Waals surface area contributed by atoms with Crippen LogP contribution >= 0.6 is 11.6 Å². The van der Waals surface area contributed by atoms with Gasteiger partial charge in [0.2, 0.25) is 0 Å². The maximum absolute atomic E-state index is 6.05. The van der Waals surface area contributed by atoms with Crippen molar-refractivity contribution in [3.63, 3.8) is 0 Å².